The number of aromatic nitrogens is 3. The van der Waals surface area contributed by atoms with Gasteiger partial charge in [0.05, 0.1) is 24.1 Å². The predicted octanol–water partition coefficient (Wildman–Crippen LogP) is 2.40. The minimum atomic E-state index is -1.31. The van der Waals surface area contributed by atoms with E-state index in [1.165, 1.54) is 6.20 Å². The maximum absolute atomic E-state index is 12.2. The van der Waals surface area contributed by atoms with Crippen LogP contribution in [0.15, 0.2) is 47.1 Å². The molecule has 3 heterocycles. The lowest BCUT2D eigenvalue weighted by Crippen LogP contribution is -2.40. The largest absolute Gasteiger partial charge is 0.463 e. The molecule has 0 bridgehead atoms. The van der Waals surface area contributed by atoms with Crippen LogP contribution in [0.3, 0.4) is 0 Å². The Hall–Kier alpha value is -3.13. The van der Waals surface area contributed by atoms with Crippen molar-refractivity contribution in [3.8, 4) is 11.4 Å². The molecule has 0 radical (unpaired) electrons. The summed E-state index contributed by atoms with van der Waals surface area (Å²) in [5, 5.41) is 22.5. The second-order valence-electron chi connectivity index (χ2n) is 5.87. The van der Waals surface area contributed by atoms with E-state index in [-0.39, 0.29) is 6.54 Å². The van der Waals surface area contributed by atoms with Gasteiger partial charge in [-0.25, -0.2) is 4.79 Å². The Morgan fingerprint density at radius 3 is 2.88 bits per heavy atom. The number of hydrogen-bond acceptors (Lipinski definition) is 5. The quantitative estimate of drug-likeness (QED) is 0.569. The SMILES string of the molecule is Cc1ccc(C(C)(O)CNC(=O)Nc2cn[nH]c2-c2ccccn2)o1. The highest BCUT2D eigenvalue weighted by Crippen LogP contribution is 2.24. The minimum Gasteiger partial charge on any atom is -0.463 e. The van der Waals surface area contributed by atoms with Crippen LogP contribution in [0.2, 0.25) is 0 Å². The lowest BCUT2D eigenvalue weighted by Gasteiger charge is -2.21. The lowest BCUT2D eigenvalue weighted by atomic mass is 10.0. The predicted molar refractivity (Wildman–Crippen MR) is 91.9 cm³/mol. The number of aromatic amines is 1. The highest BCUT2D eigenvalue weighted by Gasteiger charge is 2.27. The molecule has 8 nitrogen and oxygen atoms in total. The average Bonchev–Trinajstić information content (AvgIpc) is 3.23. The first-order chi connectivity index (χ1) is 12.0. The zero-order valence-corrected chi connectivity index (χ0v) is 13.9. The molecule has 0 aromatic carbocycles. The lowest BCUT2D eigenvalue weighted by molar-refractivity contribution is 0.0364. The number of amides is 2. The molecule has 0 fully saturated rings. The molecule has 3 rings (SSSR count). The number of pyridine rings is 1. The van der Waals surface area contributed by atoms with Gasteiger partial charge in [-0.3, -0.25) is 10.1 Å². The van der Waals surface area contributed by atoms with E-state index >= 15 is 0 Å². The van der Waals surface area contributed by atoms with E-state index in [4.69, 9.17) is 4.42 Å². The van der Waals surface area contributed by atoms with Gasteiger partial charge in [-0.05, 0) is 38.1 Å². The van der Waals surface area contributed by atoms with E-state index in [2.05, 4.69) is 25.8 Å². The van der Waals surface area contributed by atoms with Crippen LogP contribution in [0.4, 0.5) is 10.5 Å². The van der Waals surface area contributed by atoms with E-state index in [1.807, 2.05) is 6.07 Å². The number of aryl methyl sites for hydroxylation is 1. The monoisotopic (exact) mass is 341 g/mol. The third kappa shape index (κ3) is 3.86. The van der Waals surface area contributed by atoms with E-state index in [9.17, 15) is 9.90 Å². The topological polar surface area (TPSA) is 116 Å². The van der Waals surface area contributed by atoms with Crippen LogP contribution in [0.5, 0.6) is 0 Å². The number of H-pyrrole nitrogens is 1. The van der Waals surface area contributed by atoms with Crippen molar-refractivity contribution in [2.75, 3.05) is 11.9 Å². The average molecular weight is 341 g/mol. The molecular weight excluding hydrogens is 322 g/mol. The van der Waals surface area contributed by atoms with Gasteiger partial charge in [-0.2, -0.15) is 5.10 Å². The number of hydrogen-bond donors (Lipinski definition) is 4. The third-order valence-corrected chi connectivity index (χ3v) is 3.67. The summed E-state index contributed by atoms with van der Waals surface area (Å²) < 4.78 is 5.42. The number of urea groups is 1. The second-order valence-corrected chi connectivity index (χ2v) is 5.87. The standard InChI is InChI=1S/C17H19N5O3/c1-11-6-7-14(25-11)17(2,24)10-19-16(23)21-13-9-20-22-15(13)12-5-3-4-8-18-12/h3-9,24H,10H2,1-2H3,(H,20,22)(H2,19,21,23). The smallest absolute Gasteiger partial charge is 0.319 e. The Morgan fingerprint density at radius 1 is 1.36 bits per heavy atom. The molecule has 0 saturated carbocycles. The summed E-state index contributed by atoms with van der Waals surface area (Å²) in [5.41, 5.74) is 0.438. The number of carbonyl (C=O) groups excluding carboxylic acids is 1. The van der Waals surface area contributed by atoms with Gasteiger partial charge in [0.2, 0.25) is 0 Å². The van der Waals surface area contributed by atoms with Gasteiger partial charge in [0, 0.05) is 6.20 Å². The molecule has 0 aliphatic rings. The van der Waals surface area contributed by atoms with Gasteiger partial charge in [0.15, 0.2) is 0 Å². The van der Waals surface area contributed by atoms with Crippen molar-refractivity contribution in [2.24, 2.45) is 0 Å². The molecule has 2 amide bonds. The Balaban J connectivity index is 1.63. The van der Waals surface area contributed by atoms with Crippen molar-refractivity contribution < 1.29 is 14.3 Å². The maximum atomic E-state index is 12.2. The van der Waals surface area contributed by atoms with Gasteiger partial charge in [0.25, 0.3) is 0 Å². The van der Waals surface area contributed by atoms with Crippen molar-refractivity contribution in [1.82, 2.24) is 20.5 Å². The summed E-state index contributed by atoms with van der Waals surface area (Å²) in [5.74, 6) is 1.08. The molecule has 4 N–H and O–H groups in total. The van der Waals surface area contributed by atoms with E-state index < -0.39 is 11.6 Å². The fourth-order valence-corrected chi connectivity index (χ4v) is 2.32. The molecule has 1 atom stereocenters. The van der Waals surface area contributed by atoms with Gasteiger partial charge in [-0.15, -0.1) is 0 Å². The first-order valence-electron chi connectivity index (χ1n) is 7.74. The second kappa shape index (κ2) is 6.78. The zero-order chi connectivity index (χ0) is 17.9. The molecule has 0 spiro atoms. The number of aliphatic hydroxyl groups is 1. The highest BCUT2D eigenvalue weighted by molar-refractivity contribution is 5.92. The number of rotatable bonds is 5. The first-order valence-corrected chi connectivity index (χ1v) is 7.74. The van der Waals surface area contributed by atoms with Crippen LogP contribution in [0.25, 0.3) is 11.4 Å². The van der Waals surface area contributed by atoms with Crippen molar-refractivity contribution in [3.63, 3.8) is 0 Å². The Labute approximate surface area is 144 Å². The minimum absolute atomic E-state index is 0.0114. The number of furan rings is 1. The highest BCUT2D eigenvalue weighted by atomic mass is 16.4. The Morgan fingerprint density at radius 2 is 2.20 bits per heavy atom. The third-order valence-electron chi connectivity index (χ3n) is 3.67. The van der Waals surface area contributed by atoms with Crippen molar-refractivity contribution in [1.29, 1.82) is 0 Å². The number of nitrogens with one attached hydrogen (secondary N) is 3. The van der Waals surface area contributed by atoms with Gasteiger partial charge in [-0.1, -0.05) is 6.07 Å². The van der Waals surface area contributed by atoms with Crippen LogP contribution in [0.1, 0.15) is 18.4 Å². The van der Waals surface area contributed by atoms with Crippen LogP contribution < -0.4 is 10.6 Å². The summed E-state index contributed by atoms with van der Waals surface area (Å²) >= 11 is 0. The molecule has 25 heavy (non-hydrogen) atoms. The first kappa shape index (κ1) is 16.7. The Bertz CT molecular complexity index is 854. The summed E-state index contributed by atoms with van der Waals surface area (Å²) in [4.78, 5) is 16.4. The number of anilines is 1. The summed E-state index contributed by atoms with van der Waals surface area (Å²) in [6.07, 6.45) is 3.15. The van der Waals surface area contributed by atoms with E-state index in [0.29, 0.717) is 28.6 Å². The van der Waals surface area contributed by atoms with Crippen molar-refractivity contribution in [3.05, 3.63) is 54.2 Å². The molecule has 3 aromatic heterocycles. The zero-order valence-electron chi connectivity index (χ0n) is 13.9. The Kier molecular flexibility index (Phi) is 4.53. The molecule has 0 aliphatic carbocycles. The fraction of sp³-hybridized carbons (Fsp3) is 0.235. The fourth-order valence-electron chi connectivity index (χ4n) is 2.32. The van der Waals surface area contributed by atoms with Crippen molar-refractivity contribution in [2.45, 2.75) is 19.4 Å². The van der Waals surface area contributed by atoms with Crippen molar-refractivity contribution >= 4 is 11.7 Å². The summed E-state index contributed by atoms with van der Waals surface area (Å²) in [6, 6.07) is 8.43. The van der Waals surface area contributed by atoms with Crippen LogP contribution in [-0.4, -0.2) is 32.9 Å². The van der Waals surface area contributed by atoms with Crippen LogP contribution >= 0.6 is 0 Å². The number of carbonyl (C=O) groups is 1. The van der Waals surface area contributed by atoms with Gasteiger partial charge >= 0.3 is 6.03 Å². The van der Waals surface area contributed by atoms with Gasteiger partial charge in [0.1, 0.15) is 22.8 Å². The van der Waals surface area contributed by atoms with Gasteiger partial charge < -0.3 is 20.2 Å². The molecule has 130 valence electrons. The summed E-state index contributed by atoms with van der Waals surface area (Å²) in [6.45, 7) is 3.35. The number of nitrogens with zero attached hydrogens (tertiary/aromatic N) is 2. The van der Waals surface area contributed by atoms with E-state index in [0.717, 1.165) is 0 Å². The molecule has 0 aliphatic heterocycles. The molecule has 0 saturated heterocycles. The summed E-state index contributed by atoms with van der Waals surface area (Å²) in [7, 11) is 0. The maximum Gasteiger partial charge on any atom is 0.319 e. The molecule has 1 unspecified atom stereocenters. The molecular formula is C17H19N5O3. The molecule has 3 aromatic rings. The van der Waals surface area contributed by atoms with Crippen LogP contribution in [0, 0.1) is 6.92 Å². The molecule has 8 heteroatoms. The normalized spacial score (nSPS) is 13.2. The van der Waals surface area contributed by atoms with E-state index in [1.54, 1.807) is 44.3 Å². The van der Waals surface area contributed by atoms with Crippen LogP contribution in [-0.2, 0) is 5.60 Å².